The second kappa shape index (κ2) is 10.1. The summed E-state index contributed by atoms with van der Waals surface area (Å²) in [6.45, 7) is 7.49. The molecule has 0 radical (unpaired) electrons. The highest BCUT2D eigenvalue weighted by Crippen LogP contribution is 2.05. The number of nitrogens with one attached hydrogen (secondary N) is 2. The maximum Gasteiger partial charge on any atom is 0.407 e. The zero-order valence-corrected chi connectivity index (χ0v) is 12.5. The molecule has 0 rings (SSSR count). The van der Waals surface area contributed by atoms with E-state index in [9.17, 15) is 14.4 Å². The van der Waals surface area contributed by atoms with Crippen molar-refractivity contribution >= 4 is 18.0 Å². The monoisotopic (exact) mass is 288 g/mol. The van der Waals surface area contributed by atoms with E-state index in [0.717, 1.165) is 0 Å². The summed E-state index contributed by atoms with van der Waals surface area (Å²) in [6, 6.07) is -0.733. The minimum absolute atomic E-state index is 0.204. The van der Waals surface area contributed by atoms with Gasteiger partial charge in [0.05, 0.1) is 13.2 Å². The van der Waals surface area contributed by atoms with Crippen LogP contribution in [-0.2, 0) is 19.1 Å². The van der Waals surface area contributed by atoms with Crippen molar-refractivity contribution in [2.45, 2.75) is 40.2 Å². The summed E-state index contributed by atoms with van der Waals surface area (Å²) >= 11 is 0. The third-order valence-electron chi connectivity index (χ3n) is 2.30. The molecule has 0 saturated carbocycles. The van der Waals surface area contributed by atoms with Gasteiger partial charge < -0.3 is 20.1 Å². The van der Waals surface area contributed by atoms with Crippen LogP contribution < -0.4 is 10.6 Å². The lowest BCUT2D eigenvalue weighted by Gasteiger charge is -2.19. The molecule has 0 aliphatic carbocycles. The molecule has 0 fully saturated rings. The Bertz CT molecular complexity index is 331. The summed E-state index contributed by atoms with van der Waals surface area (Å²) in [7, 11) is 0. The van der Waals surface area contributed by atoms with Gasteiger partial charge in [0.2, 0.25) is 5.91 Å². The lowest BCUT2D eigenvalue weighted by Crippen LogP contribution is -2.48. The number of amides is 2. The van der Waals surface area contributed by atoms with Crippen LogP contribution in [0.5, 0.6) is 0 Å². The molecule has 0 aliphatic rings. The molecule has 0 saturated heterocycles. The topological polar surface area (TPSA) is 93.7 Å². The lowest BCUT2D eigenvalue weighted by molar-refractivity contribution is -0.143. The summed E-state index contributed by atoms with van der Waals surface area (Å²) < 4.78 is 9.45. The fraction of sp³-hybridized carbons (Fsp3) is 0.769. The first-order chi connectivity index (χ1) is 9.40. The molecular weight excluding hydrogens is 264 g/mol. The summed E-state index contributed by atoms with van der Waals surface area (Å²) in [4.78, 5) is 34.5. The van der Waals surface area contributed by atoms with Crippen LogP contribution in [0.25, 0.3) is 0 Å². The molecule has 7 heteroatoms. The molecule has 0 bridgehead atoms. The Morgan fingerprint density at radius 2 is 1.65 bits per heavy atom. The first-order valence-corrected chi connectivity index (χ1v) is 6.77. The molecule has 1 unspecified atom stereocenters. The third-order valence-corrected chi connectivity index (χ3v) is 2.30. The Balaban J connectivity index is 4.40. The van der Waals surface area contributed by atoms with E-state index < -0.39 is 24.0 Å². The molecule has 20 heavy (non-hydrogen) atoms. The average Bonchev–Trinajstić information content (AvgIpc) is 2.35. The average molecular weight is 288 g/mol. The maximum absolute atomic E-state index is 11.9. The van der Waals surface area contributed by atoms with Crippen molar-refractivity contribution in [2.24, 2.45) is 5.92 Å². The van der Waals surface area contributed by atoms with Gasteiger partial charge in [0, 0.05) is 0 Å². The van der Waals surface area contributed by atoms with E-state index in [-0.39, 0.29) is 25.7 Å². The zero-order chi connectivity index (χ0) is 15.5. The maximum atomic E-state index is 11.9. The minimum atomic E-state index is -0.733. The van der Waals surface area contributed by atoms with E-state index in [1.807, 2.05) is 13.8 Å². The largest absolute Gasteiger partial charge is 0.465 e. The van der Waals surface area contributed by atoms with Crippen molar-refractivity contribution < 1.29 is 23.9 Å². The van der Waals surface area contributed by atoms with Gasteiger partial charge in [0.15, 0.2) is 0 Å². The van der Waals surface area contributed by atoms with Gasteiger partial charge in [-0.25, -0.2) is 4.79 Å². The van der Waals surface area contributed by atoms with Crippen LogP contribution in [0.4, 0.5) is 4.79 Å². The van der Waals surface area contributed by atoms with Crippen LogP contribution in [0.15, 0.2) is 0 Å². The molecule has 1 atom stereocenters. The molecule has 0 spiro atoms. The standard InChI is InChI=1S/C13H24N2O5/c1-5-19-11(16)8-14-12(17)10(7-9(3)4)15-13(18)20-6-2/h9-10H,5-8H2,1-4H3,(H,14,17)(H,15,18). The van der Waals surface area contributed by atoms with Crippen LogP contribution in [0.3, 0.4) is 0 Å². The van der Waals surface area contributed by atoms with Crippen LogP contribution in [0.1, 0.15) is 34.1 Å². The lowest BCUT2D eigenvalue weighted by atomic mass is 10.0. The predicted octanol–water partition coefficient (Wildman–Crippen LogP) is 0.826. The van der Waals surface area contributed by atoms with Crippen molar-refractivity contribution in [3.8, 4) is 0 Å². The van der Waals surface area contributed by atoms with Gasteiger partial charge in [0.25, 0.3) is 0 Å². The Labute approximate surface area is 119 Å². The molecule has 0 heterocycles. The highest BCUT2D eigenvalue weighted by molar-refractivity contribution is 5.88. The summed E-state index contributed by atoms with van der Waals surface area (Å²) in [5.74, 6) is -0.740. The van der Waals surface area contributed by atoms with Gasteiger partial charge in [0.1, 0.15) is 12.6 Å². The van der Waals surface area contributed by atoms with Crippen molar-refractivity contribution in [1.29, 1.82) is 0 Å². The van der Waals surface area contributed by atoms with Crippen LogP contribution in [0.2, 0.25) is 0 Å². The van der Waals surface area contributed by atoms with Gasteiger partial charge in [-0.15, -0.1) is 0 Å². The molecule has 0 aliphatic heterocycles. The number of rotatable bonds is 8. The Morgan fingerprint density at radius 1 is 1.05 bits per heavy atom. The van der Waals surface area contributed by atoms with Crippen LogP contribution >= 0.6 is 0 Å². The predicted molar refractivity (Wildman–Crippen MR) is 73.0 cm³/mol. The Hall–Kier alpha value is -1.79. The van der Waals surface area contributed by atoms with E-state index >= 15 is 0 Å². The molecule has 2 N–H and O–H groups in total. The van der Waals surface area contributed by atoms with Crippen molar-refractivity contribution in [3.63, 3.8) is 0 Å². The highest BCUT2D eigenvalue weighted by atomic mass is 16.5. The van der Waals surface area contributed by atoms with Gasteiger partial charge in [-0.2, -0.15) is 0 Å². The Kier molecular flexibility index (Phi) is 9.15. The summed E-state index contributed by atoms with van der Waals surface area (Å²) in [5, 5.41) is 4.92. The molecule has 0 aromatic heterocycles. The summed E-state index contributed by atoms with van der Waals surface area (Å²) in [6.07, 6.45) is -0.197. The SMILES string of the molecule is CCOC(=O)CNC(=O)C(CC(C)C)NC(=O)OCC. The smallest absolute Gasteiger partial charge is 0.407 e. The van der Waals surface area contributed by atoms with E-state index in [0.29, 0.717) is 6.42 Å². The first-order valence-electron chi connectivity index (χ1n) is 6.77. The minimum Gasteiger partial charge on any atom is -0.465 e. The quantitative estimate of drug-likeness (QED) is 0.645. The fourth-order valence-corrected chi connectivity index (χ4v) is 1.51. The third kappa shape index (κ3) is 8.34. The number of esters is 1. The van der Waals surface area contributed by atoms with Crippen LogP contribution in [0, 0.1) is 5.92 Å². The number of carbonyl (C=O) groups excluding carboxylic acids is 3. The van der Waals surface area contributed by atoms with Crippen LogP contribution in [-0.4, -0.2) is 43.8 Å². The van der Waals surface area contributed by atoms with Gasteiger partial charge >= 0.3 is 12.1 Å². The highest BCUT2D eigenvalue weighted by Gasteiger charge is 2.22. The Morgan fingerprint density at radius 3 is 2.15 bits per heavy atom. The number of hydrogen-bond donors (Lipinski definition) is 2. The molecule has 0 aromatic carbocycles. The van der Waals surface area contributed by atoms with E-state index in [2.05, 4.69) is 10.6 Å². The van der Waals surface area contributed by atoms with Crippen molar-refractivity contribution in [2.75, 3.05) is 19.8 Å². The second-order valence-corrected chi connectivity index (χ2v) is 4.57. The molecule has 7 nitrogen and oxygen atoms in total. The number of hydrogen-bond acceptors (Lipinski definition) is 5. The van der Waals surface area contributed by atoms with Crippen molar-refractivity contribution in [1.82, 2.24) is 10.6 Å². The van der Waals surface area contributed by atoms with Gasteiger partial charge in [-0.3, -0.25) is 9.59 Å². The number of ether oxygens (including phenoxy) is 2. The zero-order valence-electron chi connectivity index (χ0n) is 12.5. The normalized spacial score (nSPS) is 11.7. The van der Waals surface area contributed by atoms with Gasteiger partial charge in [-0.1, -0.05) is 13.8 Å². The molecule has 2 amide bonds. The number of alkyl carbamates (subject to hydrolysis) is 1. The second-order valence-electron chi connectivity index (χ2n) is 4.57. The fourth-order valence-electron chi connectivity index (χ4n) is 1.51. The molecular formula is C13H24N2O5. The van der Waals surface area contributed by atoms with E-state index in [1.165, 1.54) is 0 Å². The summed E-state index contributed by atoms with van der Waals surface area (Å²) in [5.41, 5.74) is 0. The molecule has 116 valence electrons. The van der Waals surface area contributed by atoms with Gasteiger partial charge in [-0.05, 0) is 26.2 Å². The van der Waals surface area contributed by atoms with E-state index in [1.54, 1.807) is 13.8 Å². The number of carbonyl (C=O) groups is 3. The van der Waals surface area contributed by atoms with Crippen molar-refractivity contribution in [3.05, 3.63) is 0 Å². The van der Waals surface area contributed by atoms with E-state index in [4.69, 9.17) is 9.47 Å². The first kappa shape index (κ1) is 18.2. The molecule has 0 aromatic rings.